The van der Waals surface area contributed by atoms with Crippen molar-refractivity contribution in [2.24, 2.45) is 0 Å². The fourth-order valence-corrected chi connectivity index (χ4v) is 5.94. The number of rotatable bonds is 10. The molecule has 49 heavy (non-hydrogen) atoms. The third kappa shape index (κ3) is 9.76. The molecular weight excluding hydrogens is 694 g/mol. The van der Waals surface area contributed by atoms with Crippen molar-refractivity contribution in [1.29, 1.82) is 0 Å². The highest BCUT2D eigenvalue weighted by molar-refractivity contribution is 8.00. The van der Waals surface area contributed by atoms with E-state index in [0.717, 1.165) is 30.0 Å². The highest BCUT2D eigenvalue weighted by Gasteiger charge is 2.32. The monoisotopic (exact) mass is 719 g/mol. The van der Waals surface area contributed by atoms with Crippen molar-refractivity contribution < 1.29 is 27.6 Å². The number of alkyl halides is 3. The SMILES string of the molecule is O=C(Nc1ccc(SC(C(=O)Nc2cc(C(F)(F)F)ccc2Cl)c2ccccc2)cc1)/C(=C/c1cccc(Cl)c1)NC(=O)c1ccccc1. The number of hydrogen-bond donors (Lipinski definition) is 3. The first-order valence-electron chi connectivity index (χ1n) is 14.6. The molecule has 0 aliphatic heterocycles. The maximum atomic E-state index is 13.5. The van der Waals surface area contributed by atoms with Gasteiger partial charge in [0.1, 0.15) is 10.9 Å². The zero-order valence-corrected chi connectivity index (χ0v) is 27.6. The Bertz CT molecular complexity index is 1990. The van der Waals surface area contributed by atoms with Gasteiger partial charge in [0.2, 0.25) is 5.91 Å². The molecule has 0 aliphatic rings. The summed E-state index contributed by atoms with van der Waals surface area (Å²) in [5.41, 5.74) is 0.826. The first-order valence-corrected chi connectivity index (χ1v) is 16.2. The van der Waals surface area contributed by atoms with Crippen LogP contribution in [-0.2, 0) is 15.8 Å². The van der Waals surface area contributed by atoms with Crippen LogP contribution >= 0.6 is 35.0 Å². The number of carbonyl (C=O) groups excluding carboxylic acids is 3. The van der Waals surface area contributed by atoms with Crippen LogP contribution in [0.3, 0.4) is 0 Å². The van der Waals surface area contributed by atoms with Gasteiger partial charge >= 0.3 is 6.18 Å². The van der Waals surface area contributed by atoms with Gasteiger partial charge in [-0.1, -0.05) is 83.9 Å². The van der Waals surface area contributed by atoms with Gasteiger partial charge in [0.15, 0.2) is 0 Å². The summed E-state index contributed by atoms with van der Waals surface area (Å²) in [6, 6.07) is 33.3. The average molecular weight is 721 g/mol. The second-order valence-corrected chi connectivity index (χ2v) is 12.5. The lowest BCUT2D eigenvalue weighted by Crippen LogP contribution is -2.30. The van der Waals surface area contributed by atoms with Crippen LogP contribution in [0, 0.1) is 0 Å². The fourth-order valence-electron chi connectivity index (χ4n) is 4.55. The van der Waals surface area contributed by atoms with Gasteiger partial charge in [-0.05, 0) is 83.9 Å². The lowest BCUT2D eigenvalue weighted by atomic mass is 10.1. The van der Waals surface area contributed by atoms with Gasteiger partial charge in [0.05, 0.1) is 16.3 Å². The van der Waals surface area contributed by atoms with Gasteiger partial charge < -0.3 is 16.0 Å². The summed E-state index contributed by atoms with van der Waals surface area (Å²) in [4.78, 5) is 40.5. The lowest BCUT2D eigenvalue weighted by Gasteiger charge is -2.19. The van der Waals surface area contributed by atoms with E-state index in [2.05, 4.69) is 16.0 Å². The molecular formula is C37H26Cl2F3N3O3S. The largest absolute Gasteiger partial charge is 0.416 e. The van der Waals surface area contributed by atoms with E-state index < -0.39 is 34.7 Å². The summed E-state index contributed by atoms with van der Waals surface area (Å²) in [6.45, 7) is 0. The second kappa shape index (κ2) is 15.9. The number of nitrogens with one attached hydrogen (secondary N) is 3. The minimum Gasteiger partial charge on any atom is -0.323 e. The molecule has 0 saturated heterocycles. The Labute approximate surface area is 294 Å². The Morgan fingerprint density at radius 2 is 1.41 bits per heavy atom. The summed E-state index contributed by atoms with van der Waals surface area (Å²) >= 11 is 13.4. The van der Waals surface area contributed by atoms with E-state index in [9.17, 15) is 27.6 Å². The minimum atomic E-state index is -4.62. The molecule has 1 atom stereocenters. The van der Waals surface area contributed by atoms with Gasteiger partial charge in [-0.15, -0.1) is 11.8 Å². The van der Waals surface area contributed by atoms with E-state index >= 15 is 0 Å². The predicted molar refractivity (Wildman–Crippen MR) is 189 cm³/mol. The summed E-state index contributed by atoms with van der Waals surface area (Å²) in [6.07, 6.45) is -3.11. The van der Waals surface area contributed by atoms with E-state index in [4.69, 9.17) is 23.2 Å². The van der Waals surface area contributed by atoms with Crippen molar-refractivity contribution in [1.82, 2.24) is 5.32 Å². The third-order valence-corrected chi connectivity index (χ3v) is 8.78. The summed E-state index contributed by atoms with van der Waals surface area (Å²) < 4.78 is 40.0. The molecule has 0 aliphatic carbocycles. The Kier molecular flexibility index (Phi) is 11.5. The first-order chi connectivity index (χ1) is 23.5. The zero-order chi connectivity index (χ0) is 35.0. The van der Waals surface area contributed by atoms with Crippen LogP contribution in [-0.4, -0.2) is 17.7 Å². The molecule has 3 amide bonds. The quantitative estimate of drug-likeness (QED) is 0.0991. The highest BCUT2D eigenvalue weighted by Crippen LogP contribution is 2.39. The van der Waals surface area contributed by atoms with E-state index in [1.165, 1.54) is 6.08 Å². The molecule has 5 aromatic carbocycles. The number of hydrogen-bond acceptors (Lipinski definition) is 4. The molecule has 1 unspecified atom stereocenters. The van der Waals surface area contributed by atoms with Crippen molar-refractivity contribution >= 4 is 70.1 Å². The average Bonchev–Trinajstić information content (AvgIpc) is 3.08. The van der Waals surface area contributed by atoms with Crippen molar-refractivity contribution in [3.8, 4) is 0 Å². The van der Waals surface area contributed by atoms with Gasteiger partial charge in [-0.3, -0.25) is 14.4 Å². The van der Waals surface area contributed by atoms with Crippen LogP contribution < -0.4 is 16.0 Å². The Hall–Kier alpha value is -5.03. The summed E-state index contributed by atoms with van der Waals surface area (Å²) in [5, 5.41) is 7.54. The number of thioether (sulfide) groups is 1. The lowest BCUT2D eigenvalue weighted by molar-refractivity contribution is -0.137. The van der Waals surface area contributed by atoms with Gasteiger partial charge in [-0.2, -0.15) is 13.2 Å². The van der Waals surface area contributed by atoms with Gasteiger partial charge in [-0.25, -0.2) is 0 Å². The molecule has 0 spiro atoms. The molecule has 0 bridgehead atoms. The van der Waals surface area contributed by atoms with E-state index in [1.54, 1.807) is 109 Å². The van der Waals surface area contributed by atoms with Crippen LogP contribution in [0.2, 0.25) is 10.0 Å². The van der Waals surface area contributed by atoms with E-state index in [0.29, 0.717) is 32.3 Å². The summed E-state index contributed by atoms with van der Waals surface area (Å²) in [5.74, 6) is -1.66. The Morgan fingerprint density at radius 1 is 0.735 bits per heavy atom. The molecule has 0 radical (unpaired) electrons. The summed E-state index contributed by atoms with van der Waals surface area (Å²) in [7, 11) is 0. The topological polar surface area (TPSA) is 87.3 Å². The molecule has 5 rings (SSSR count). The molecule has 0 aromatic heterocycles. The Morgan fingerprint density at radius 3 is 2.06 bits per heavy atom. The van der Waals surface area contributed by atoms with Gasteiger partial charge in [0, 0.05) is 21.2 Å². The normalized spacial score (nSPS) is 12.1. The van der Waals surface area contributed by atoms with Crippen molar-refractivity contribution in [2.75, 3.05) is 10.6 Å². The zero-order valence-electron chi connectivity index (χ0n) is 25.3. The van der Waals surface area contributed by atoms with Crippen molar-refractivity contribution in [3.63, 3.8) is 0 Å². The maximum Gasteiger partial charge on any atom is 0.416 e. The molecule has 12 heteroatoms. The van der Waals surface area contributed by atoms with Crippen molar-refractivity contribution in [2.45, 2.75) is 16.3 Å². The molecule has 248 valence electrons. The number of anilines is 2. The van der Waals surface area contributed by atoms with E-state index in [1.807, 2.05) is 0 Å². The fraction of sp³-hybridized carbons (Fsp3) is 0.0541. The molecule has 0 fully saturated rings. The van der Waals surface area contributed by atoms with Crippen LogP contribution in [0.5, 0.6) is 0 Å². The van der Waals surface area contributed by atoms with Gasteiger partial charge in [0.25, 0.3) is 11.8 Å². The molecule has 0 heterocycles. The smallest absolute Gasteiger partial charge is 0.323 e. The predicted octanol–water partition coefficient (Wildman–Crippen LogP) is 9.89. The minimum absolute atomic E-state index is 0.0244. The van der Waals surface area contributed by atoms with E-state index in [-0.39, 0.29) is 16.4 Å². The van der Waals surface area contributed by atoms with Crippen LogP contribution in [0.15, 0.2) is 138 Å². The van der Waals surface area contributed by atoms with Crippen LogP contribution in [0.4, 0.5) is 24.5 Å². The first kappa shape index (κ1) is 35.3. The molecule has 3 N–H and O–H groups in total. The third-order valence-electron chi connectivity index (χ3n) is 6.95. The maximum absolute atomic E-state index is 13.5. The number of benzene rings is 5. The molecule has 0 saturated carbocycles. The standard InChI is InChI=1S/C37H26Cl2F3N3O3S/c38-27-13-7-8-23(20-27)21-32(45-34(46)25-11-5-2-6-12-25)35(47)43-28-15-17-29(18-16-28)49-33(24-9-3-1-4-10-24)36(48)44-31-22-26(37(40,41)42)14-19-30(31)39/h1-22,33H,(H,43,47)(H,44,48)(H,45,46)/b32-21-. The molecule has 5 aromatic rings. The van der Waals surface area contributed by atoms with Crippen molar-refractivity contribution in [3.05, 3.63) is 165 Å². The van der Waals surface area contributed by atoms with Crippen LogP contribution in [0.25, 0.3) is 6.08 Å². The number of carbonyl (C=O) groups is 3. The second-order valence-electron chi connectivity index (χ2n) is 10.5. The number of amides is 3. The van der Waals surface area contributed by atoms with Crippen LogP contribution in [0.1, 0.15) is 32.3 Å². The Balaban J connectivity index is 1.34. The highest BCUT2D eigenvalue weighted by atomic mass is 35.5. The number of halogens is 5. The molecule has 6 nitrogen and oxygen atoms in total.